The summed E-state index contributed by atoms with van der Waals surface area (Å²) in [6, 6.07) is 21.1. The highest BCUT2D eigenvalue weighted by atomic mass is 35.5. The molecule has 0 amide bonds. The van der Waals surface area contributed by atoms with E-state index in [1.165, 1.54) is 4.31 Å². The Kier molecular flexibility index (Phi) is 3.90. The highest BCUT2D eigenvalue weighted by molar-refractivity contribution is 7.93. The number of rotatable bonds is 3. The molecule has 0 radical (unpaired) electrons. The summed E-state index contributed by atoms with van der Waals surface area (Å²) in [6.45, 7) is 0.291. The van der Waals surface area contributed by atoms with Gasteiger partial charge in [-0.2, -0.15) is 0 Å². The van der Waals surface area contributed by atoms with Crippen LogP contribution in [0.3, 0.4) is 0 Å². The number of para-hydroxylation sites is 1. The number of benzene rings is 3. The average Bonchev–Trinajstić information content (AvgIpc) is 2.88. The number of nitrogens with zero attached hydrogens (tertiary/aromatic N) is 1. The van der Waals surface area contributed by atoms with Crippen molar-refractivity contribution >= 4 is 27.3 Å². The van der Waals surface area contributed by atoms with E-state index in [0.29, 0.717) is 33.6 Å². The summed E-state index contributed by atoms with van der Waals surface area (Å²) < 4.78 is 32.7. The molecule has 1 aliphatic heterocycles. The summed E-state index contributed by atoms with van der Waals surface area (Å²) in [5, 5.41) is 0.630. The van der Waals surface area contributed by atoms with Gasteiger partial charge in [-0.15, -0.1) is 0 Å². The fraction of sp³-hybridized carbons (Fsp3) is 0.0526. The Balaban J connectivity index is 1.66. The van der Waals surface area contributed by atoms with E-state index < -0.39 is 10.0 Å². The molecule has 0 atom stereocenters. The summed E-state index contributed by atoms with van der Waals surface area (Å²) in [5.74, 6) is 1.23. The molecule has 4 nitrogen and oxygen atoms in total. The molecule has 6 heteroatoms. The third-order valence-corrected chi connectivity index (χ3v) is 6.13. The second kappa shape index (κ2) is 6.10. The van der Waals surface area contributed by atoms with E-state index in [9.17, 15) is 8.42 Å². The minimum absolute atomic E-state index is 0.291. The molecule has 0 spiro atoms. The Morgan fingerprint density at radius 2 is 1.56 bits per heavy atom. The molecule has 1 aliphatic rings. The molecule has 0 bridgehead atoms. The molecule has 126 valence electrons. The Bertz CT molecular complexity index is 1020. The number of halogens is 1. The van der Waals surface area contributed by atoms with Gasteiger partial charge in [-0.25, -0.2) is 8.42 Å². The second-order valence-corrected chi connectivity index (χ2v) is 7.94. The lowest BCUT2D eigenvalue weighted by Gasteiger charge is -2.16. The number of sulfonamides is 1. The van der Waals surface area contributed by atoms with Gasteiger partial charge in [0.1, 0.15) is 11.5 Å². The zero-order valence-corrected chi connectivity index (χ0v) is 14.7. The van der Waals surface area contributed by atoms with Crippen LogP contribution in [-0.2, 0) is 16.6 Å². The van der Waals surface area contributed by atoms with Gasteiger partial charge < -0.3 is 4.74 Å². The number of fused-ring (bicyclic) bond motifs is 1. The smallest absolute Gasteiger partial charge is 0.264 e. The van der Waals surface area contributed by atoms with E-state index >= 15 is 0 Å². The third-order valence-electron chi connectivity index (χ3n) is 4.01. The maximum absolute atomic E-state index is 12.8. The topological polar surface area (TPSA) is 46.6 Å². The summed E-state index contributed by atoms with van der Waals surface area (Å²) in [5.41, 5.74) is 1.37. The summed E-state index contributed by atoms with van der Waals surface area (Å²) in [7, 11) is -3.53. The van der Waals surface area contributed by atoms with Gasteiger partial charge in [-0.1, -0.05) is 29.8 Å². The van der Waals surface area contributed by atoms with Crippen molar-refractivity contribution in [3.63, 3.8) is 0 Å². The molecule has 4 rings (SSSR count). The molecular weight excluding hydrogens is 358 g/mol. The lowest BCUT2D eigenvalue weighted by atomic mass is 10.2. The molecule has 25 heavy (non-hydrogen) atoms. The van der Waals surface area contributed by atoms with Crippen molar-refractivity contribution in [3.8, 4) is 11.5 Å². The van der Waals surface area contributed by atoms with Crippen LogP contribution >= 0.6 is 11.6 Å². The Labute approximate surface area is 151 Å². The number of ether oxygens (including phenoxy) is 1. The van der Waals surface area contributed by atoms with Crippen LogP contribution in [0.4, 0.5) is 5.69 Å². The highest BCUT2D eigenvalue weighted by Crippen LogP contribution is 2.37. The molecule has 0 aromatic heterocycles. The first kappa shape index (κ1) is 16.0. The first-order valence-electron chi connectivity index (χ1n) is 7.68. The quantitative estimate of drug-likeness (QED) is 0.661. The predicted octanol–water partition coefficient (Wildman–Crippen LogP) is 4.84. The van der Waals surface area contributed by atoms with Crippen LogP contribution in [0.1, 0.15) is 5.56 Å². The first-order chi connectivity index (χ1) is 12.0. The molecule has 0 unspecified atom stereocenters. The van der Waals surface area contributed by atoms with Crippen molar-refractivity contribution < 1.29 is 13.2 Å². The fourth-order valence-electron chi connectivity index (χ4n) is 2.82. The standard InChI is InChI=1S/C19H14ClNO3S/c20-15-6-8-17(9-7-15)24-18-10-11-19-14(12-18)13-21(25(19,22)23)16-4-2-1-3-5-16/h1-12H,13H2. The molecule has 0 saturated heterocycles. The van der Waals surface area contributed by atoms with Crippen molar-refractivity contribution in [2.45, 2.75) is 11.4 Å². The molecule has 3 aromatic rings. The summed E-state index contributed by atoms with van der Waals surface area (Å²) >= 11 is 5.87. The molecule has 0 N–H and O–H groups in total. The average molecular weight is 372 g/mol. The van der Waals surface area contributed by atoms with E-state index in [0.717, 1.165) is 5.56 Å². The molecule has 0 saturated carbocycles. The van der Waals surface area contributed by atoms with E-state index in [2.05, 4.69) is 0 Å². The molecule has 1 heterocycles. The largest absolute Gasteiger partial charge is 0.457 e. The number of hydrogen-bond acceptors (Lipinski definition) is 3. The second-order valence-electron chi connectivity index (χ2n) is 5.67. The van der Waals surface area contributed by atoms with Crippen molar-refractivity contribution in [2.24, 2.45) is 0 Å². The molecule has 0 aliphatic carbocycles. The van der Waals surface area contributed by atoms with Crippen LogP contribution in [-0.4, -0.2) is 8.42 Å². The van der Waals surface area contributed by atoms with Crippen LogP contribution in [0.5, 0.6) is 11.5 Å². The minimum Gasteiger partial charge on any atom is -0.457 e. The number of hydrogen-bond donors (Lipinski definition) is 0. The summed E-state index contributed by atoms with van der Waals surface area (Å²) in [6.07, 6.45) is 0. The van der Waals surface area contributed by atoms with Crippen molar-refractivity contribution in [1.82, 2.24) is 0 Å². The van der Waals surface area contributed by atoms with Crippen molar-refractivity contribution in [1.29, 1.82) is 0 Å². The SMILES string of the molecule is O=S1(=O)c2ccc(Oc3ccc(Cl)cc3)cc2CN1c1ccccc1. The molecule has 3 aromatic carbocycles. The van der Waals surface area contributed by atoms with Crippen molar-refractivity contribution in [2.75, 3.05) is 4.31 Å². The lowest BCUT2D eigenvalue weighted by molar-refractivity contribution is 0.481. The normalized spacial score (nSPS) is 15.0. The Morgan fingerprint density at radius 1 is 0.880 bits per heavy atom. The van der Waals surface area contributed by atoms with E-state index in [1.54, 1.807) is 54.6 Å². The molecular formula is C19H14ClNO3S. The van der Waals surface area contributed by atoms with Crippen LogP contribution in [0.25, 0.3) is 0 Å². The fourth-order valence-corrected chi connectivity index (χ4v) is 4.58. The van der Waals surface area contributed by atoms with Gasteiger partial charge in [0.2, 0.25) is 0 Å². The van der Waals surface area contributed by atoms with Gasteiger partial charge in [0.15, 0.2) is 0 Å². The van der Waals surface area contributed by atoms with Gasteiger partial charge in [-0.3, -0.25) is 4.31 Å². The highest BCUT2D eigenvalue weighted by Gasteiger charge is 2.34. The predicted molar refractivity (Wildman–Crippen MR) is 97.8 cm³/mol. The molecule has 0 fully saturated rings. The van der Waals surface area contributed by atoms with Crippen molar-refractivity contribution in [3.05, 3.63) is 83.4 Å². The summed E-state index contributed by atoms with van der Waals surface area (Å²) in [4.78, 5) is 0.319. The van der Waals surface area contributed by atoms with Crippen LogP contribution in [0.2, 0.25) is 5.02 Å². The zero-order chi connectivity index (χ0) is 17.4. The van der Waals surface area contributed by atoms with E-state index in [-0.39, 0.29) is 0 Å². The zero-order valence-electron chi connectivity index (χ0n) is 13.1. The first-order valence-corrected chi connectivity index (χ1v) is 9.50. The van der Waals surface area contributed by atoms with E-state index in [1.807, 2.05) is 18.2 Å². The minimum atomic E-state index is -3.53. The Morgan fingerprint density at radius 3 is 2.28 bits per heavy atom. The van der Waals surface area contributed by atoms with Gasteiger partial charge in [0.05, 0.1) is 17.1 Å². The third kappa shape index (κ3) is 2.97. The Hall–Kier alpha value is -2.50. The van der Waals surface area contributed by atoms with Gasteiger partial charge in [-0.05, 0) is 60.2 Å². The van der Waals surface area contributed by atoms with Crippen LogP contribution in [0.15, 0.2) is 77.7 Å². The maximum Gasteiger partial charge on any atom is 0.264 e. The lowest BCUT2D eigenvalue weighted by Crippen LogP contribution is -2.23. The number of anilines is 1. The van der Waals surface area contributed by atoms with E-state index in [4.69, 9.17) is 16.3 Å². The maximum atomic E-state index is 12.8. The monoisotopic (exact) mass is 371 g/mol. The van der Waals surface area contributed by atoms with Crippen LogP contribution in [0, 0.1) is 0 Å². The van der Waals surface area contributed by atoms with Gasteiger partial charge in [0, 0.05) is 5.02 Å². The van der Waals surface area contributed by atoms with Gasteiger partial charge >= 0.3 is 0 Å². The van der Waals surface area contributed by atoms with Gasteiger partial charge in [0.25, 0.3) is 10.0 Å². The van der Waals surface area contributed by atoms with Crippen LogP contribution < -0.4 is 9.04 Å².